The van der Waals surface area contributed by atoms with E-state index in [1.165, 1.54) is 6.26 Å². The molecule has 6 nitrogen and oxygen atoms in total. The Hall–Kier alpha value is -3.25. The van der Waals surface area contributed by atoms with Crippen molar-refractivity contribution < 1.29 is 24.5 Å². The van der Waals surface area contributed by atoms with Crippen molar-refractivity contribution in [3.63, 3.8) is 0 Å². The third kappa shape index (κ3) is 3.79. The minimum Gasteiger partial charge on any atom is -0.508 e. The van der Waals surface area contributed by atoms with E-state index < -0.39 is 11.7 Å². The molecule has 6 heteroatoms. The summed E-state index contributed by atoms with van der Waals surface area (Å²) in [6.45, 7) is 7.23. The van der Waals surface area contributed by atoms with Gasteiger partial charge >= 0.3 is 0 Å². The molecule has 0 spiro atoms. The van der Waals surface area contributed by atoms with Gasteiger partial charge in [-0.1, -0.05) is 17.7 Å². The van der Waals surface area contributed by atoms with Crippen molar-refractivity contribution in [3.05, 3.63) is 63.5 Å². The molecule has 0 bridgehead atoms. The van der Waals surface area contributed by atoms with Gasteiger partial charge in [0.1, 0.15) is 40.6 Å². The fourth-order valence-electron chi connectivity index (χ4n) is 3.79. The average Bonchev–Trinajstić information content (AvgIpc) is 3.13. The number of ether oxygens (including phenoxy) is 1. The maximum atomic E-state index is 13.3. The minimum absolute atomic E-state index is 0.0789. The second kappa shape index (κ2) is 7.46. The number of hydrogen-bond acceptors (Lipinski definition) is 6. The molecule has 0 aliphatic carbocycles. The summed E-state index contributed by atoms with van der Waals surface area (Å²) in [4.78, 5) is 13.3. The van der Waals surface area contributed by atoms with Gasteiger partial charge in [0.15, 0.2) is 0 Å². The first-order valence-electron chi connectivity index (χ1n) is 10.2. The molecule has 1 aliphatic heterocycles. The van der Waals surface area contributed by atoms with Gasteiger partial charge in [-0.15, -0.1) is 0 Å². The first kappa shape index (κ1) is 21.0. The first-order chi connectivity index (χ1) is 14.6. The molecule has 3 aromatic rings. The summed E-state index contributed by atoms with van der Waals surface area (Å²) in [7, 11) is 0. The van der Waals surface area contributed by atoms with Crippen molar-refractivity contribution in [1.29, 1.82) is 0 Å². The van der Waals surface area contributed by atoms with Crippen LogP contribution in [0.5, 0.6) is 17.2 Å². The van der Waals surface area contributed by atoms with Gasteiger partial charge in [0.25, 0.3) is 0 Å². The Bertz CT molecular complexity index is 1260. The van der Waals surface area contributed by atoms with E-state index in [-0.39, 0.29) is 34.3 Å². The third-order valence-electron chi connectivity index (χ3n) is 5.67. The number of phenols is 2. The van der Waals surface area contributed by atoms with Gasteiger partial charge in [-0.3, -0.25) is 4.79 Å². The summed E-state index contributed by atoms with van der Waals surface area (Å²) in [5.41, 5.74) is 1.93. The lowest BCUT2D eigenvalue weighted by atomic mass is 9.95. The first-order valence-corrected chi connectivity index (χ1v) is 10.2. The van der Waals surface area contributed by atoms with Crippen LogP contribution >= 0.6 is 0 Å². The smallest absolute Gasteiger partial charge is 0.204 e. The molecular weight excluding hydrogens is 396 g/mol. The lowest BCUT2D eigenvalue weighted by Gasteiger charge is -2.24. The summed E-state index contributed by atoms with van der Waals surface area (Å²) in [5.74, 6) is 0.377. The fourth-order valence-corrected chi connectivity index (χ4v) is 3.79. The van der Waals surface area contributed by atoms with Gasteiger partial charge < -0.3 is 24.5 Å². The van der Waals surface area contributed by atoms with Crippen LogP contribution in [-0.4, -0.2) is 27.0 Å². The molecule has 31 heavy (non-hydrogen) atoms. The molecular formula is C25H26O6. The molecule has 0 amide bonds. The fraction of sp³-hybridized carbons (Fsp3) is 0.320. The Morgan fingerprint density at radius 1 is 1.23 bits per heavy atom. The van der Waals surface area contributed by atoms with Gasteiger partial charge in [-0.05, 0) is 57.4 Å². The Balaban J connectivity index is 1.83. The van der Waals surface area contributed by atoms with Crippen LogP contribution in [0.4, 0.5) is 0 Å². The van der Waals surface area contributed by atoms with E-state index in [0.717, 1.165) is 5.57 Å². The molecule has 2 aromatic carbocycles. The highest BCUT2D eigenvalue weighted by Crippen LogP contribution is 2.42. The normalized spacial score (nSPS) is 15.6. The molecule has 3 N–H and O–H groups in total. The molecule has 4 rings (SSSR count). The average molecular weight is 422 g/mol. The molecule has 1 aromatic heterocycles. The van der Waals surface area contributed by atoms with Gasteiger partial charge in [0.2, 0.25) is 5.43 Å². The standard InChI is InChI=1S/C25H26O6/c1-13(2)5-6-15-9-14(7-8-18(15)26)17-12-30-20-11-19-16(23(27)22(20)24(17)28)10-21(31-19)25(3,4)29/h5,7-9,11-12,21,26-27,29H,6,10H2,1-4H3/t21-/m1/s1. The van der Waals surface area contributed by atoms with Crippen LogP contribution in [0.3, 0.4) is 0 Å². The van der Waals surface area contributed by atoms with E-state index in [1.54, 1.807) is 38.1 Å². The SMILES string of the molecule is CC(C)=CCc1cc(-c2coc3cc4c(c(O)c3c2=O)C[C@H](C(C)(C)O)O4)ccc1O. The predicted molar refractivity (Wildman–Crippen MR) is 119 cm³/mol. The van der Waals surface area contributed by atoms with Crippen molar-refractivity contribution >= 4 is 11.0 Å². The number of fused-ring (bicyclic) bond motifs is 2. The van der Waals surface area contributed by atoms with Crippen LogP contribution in [0, 0.1) is 0 Å². The zero-order chi connectivity index (χ0) is 22.5. The van der Waals surface area contributed by atoms with Crippen LogP contribution in [0.1, 0.15) is 38.8 Å². The second-order valence-electron chi connectivity index (χ2n) is 8.85. The number of hydrogen-bond donors (Lipinski definition) is 3. The number of phenolic OH excluding ortho intramolecular Hbond substituents is 2. The highest BCUT2D eigenvalue weighted by molar-refractivity contribution is 5.90. The monoisotopic (exact) mass is 422 g/mol. The number of aliphatic hydroxyl groups is 1. The Morgan fingerprint density at radius 3 is 2.65 bits per heavy atom. The van der Waals surface area contributed by atoms with Crippen molar-refractivity contribution in [2.24, 2.45) is 0 Å². The third-order valence-corrected chi connectivity index (χ3v) is 5.67. The largest absolute Gasteiger partial charge is 0.508 e. The Labute approximate surface area is 180 Å². The summed E-state index contributed by atoms with van der Waals surface area (Å²) >= 11 is 0. The highest BCUT2D eigenvalue weighted by Gasteiger charge is 2.37. The lowest BCUT2D eigenvalue weighted by molar-refractivity contribution is -0.0229. The molecule has 0 saturated heterocycles. The van der Waals surface area contributed by atoms with Crippen LogP contribution in [-0.2, 0) is 12.8 Å². The molecule has 1 atom stereocenters. The number of aromatic hydroxyl groups is 2. The topological polar surface area (TPSA) is 100 Å². The van der Waals surface area contributed by atoms with Crippen LogP contribution < -0.4 is 10.2 Å². The summed E-state index contributed by atoms with van der Waals surface area (Å²) < 4.78 is 11.5. The van der Waals surface area contributed by atoms with Crippen molar-refractivity contribution in [2.75, 3.05) is 0 Å². The molecule has 1 aliphatic rings. The second-order valence-corrected chi connectivity index (χ2v) is 8.85. The molecule has 2 heterocycles. The van der Waals surface area contributed by atoms with Crippen LogP contribution in [0.15, 0.2) is 51.4 Å². The van der Waals surface area contributed by atoms with Crippen LogP contribution in [0.25, 0.3) is 22.1 Å². The Morgan fingerprint density at radius 2 is 1.97 bits per heavy atom. The Kier molecular flexibility index (Phi) is 5.06. The van der Waals surface area contributed by atoms with E-state index in [2.05, 4.69) is 0 Å². The summed E-state index contributed by atoms with van der Waals surface area (Å²) in [5, 5.41) is 31.4. The molecule has 162 valence electrons. The van der Waals surface area contributed by atoms with Gasteiger partial charge in [0.05, 0.1) is 11.2 Å². The molecule has 0 saturated carbocycles. The zero-order valence-corrected chi connectivity index (χ0v) is 18.0. The maximum Gasteiger partial charge on any atom is 0.204 e. The summed E-state index contributed by atoms with van der Waals surface area (Å²) in [6.07, 6.45) is 3.65. The van der Waals surface area contributed by atoms with Crippen molar-refractivity contribution in [3.8, 4) is 28.4 Å². The van der Waals surface area contributed by atoms with E-state index in [1.807, 2.05) is 19.9 Å². The van der Waals surface area contributed by atoms with E-state index in [0.29, 0.717) is 34.4 Å². The van der Waals surface area contributed by atoms with E-state index in [9.17, 15) is 20.1 Å². The maximum absolute atomic E-state index is 13.3. The summed E-state index contributed by atoms with van der Waals surface area (Å²) in [6, 6.07) is 6.54. The molecule has 0 radical (unpaired) electrons. The highest BCUT2D eigenvalue weighted by atomic mass is 16.5. The van der Waals surface area contributed by atoms with Crippen molar-refractivity contribution in [1.82, 2.24) is 0 Å². The van der Waals surface area contributed by atoms with E-state index in [4.69, 9.17) is 9.15 Å². The van der Waals surface area contributed by atoms with Gasteiger partial charge in [-0.25, -0.2) is 0 Å². The predicted octanol–water partition coefficient (Wildman–Crippen LogP) is 4.45. The molecule has 0 unspecified atom stereocenters. The number of allylic oxidation sites excluding steroid dienone is 2. The van der Waals surface area contributed by atoms with Crippen LogP contribution in [0.2, 0.25) is 0 Å². The van der Waals surface area contributed by atoms with Gasteiger partial charge in [0, 0.05) is 18.1 Å². The van der Waals surface area contributed by atoms with Crippen molar-refractivity contribution in [2.45, 2.75) is 52.2 Å². The number of benzene rings is 2. The quantitative estimate of drug-likeness (QED) is 0.537. The zero-order valence-electron chi connectivity index (χ0n) is 18.0. The number of rotatable bonds is 4. The minimum atomic E-state index is -1.10. The lowest BCUT2D eigenvalue weighted by Crippen LogP contribution is -2.39. The molecule has 0 fully saturated rings. The van der Waals surface area contributed by atoms with Gasteiger partial charge in [-0.2, -0.15) is 0 Å². The van der Waals surface area contributed by atoms with E-state index >= 15 is 0 Å².